The van der Waals surface area contributed by atoms with Crippen LogP contribution in [-0.4, -0.2) is 0 Å². The van der Waals surface area contributed by atoms with Crippen molar-refractivity contribution < 1.29 is 0 Å². The minimum Gasteiger partial charge on any atom is -0.0925 e. The Hall–Kier alpha value is -3.21. The van der Waals surface area contributed by atoms with Crippen molar-refractivity contribution in [3.05, 3.63) is 6.92 Å². The van der Waals surface area contributed by atoms with Crippen molar-refractivity contribution in [2.45, 2.75) is 6.92 Å². The highest BCUT2D eigenvalue weighted by Crippen LogP contribution is 1.57. The van der Waals surface area contributed by atoms with Crippen molar-refractivity contribution >= 4 is 0 Å². The first-order valence-electron chi connectivity index (χ1n) is 4.10. The van der Waals surface area contributed by atoms with E-state index in [4.69, 9.17) is 0 Å². The molecule has 0 saturated heterocycles. The molecule has 0 nitrogen and oxygen atoms in total. The molecule has 16 heavy (non-hydrogen) atoms. The molecule has 0 heteroatoms. The summed E-state index contributed by atoms with van der Waals surface area (Å²) in [6.07, 6.45) is 0. The molecule has 0 fully saturated rings. The monoisotopic (exact) mass is 197 g/mol. The predicted molar refractivity (Wildman–Crippen MR) is 65.5 cm³/mol. The van der Waals surface area contributed by atoms with Crippen molar-refractivity contribution in [1.29, 1.82) is 0 Å². The molecular formula is C16H5+. The molecule has 0 aromatic heterocycles. The number of hydrogen-bond acceptors (Lipinski definition) is 0. The van der Waals surface area contributed by atoms with Gasteiger partial charge in [0.25, 0.3) is 0 Å². The van der Waals surface area contributed by atoms with Crippen LogP contribution in [0.2, 0.25) is 0 Å². The van der Waals surface area contributed by atoms with Gasteiger partial charge >= 0.3 is 0 Å². The summed E-state index contributed by atoms with van der Waals surface area (Å²) in [4.78, 5) is 0. The Labute approximate surface area is 97.2 Å². The van der Waals surface area contributed by atoms with Crippen LogP contribution in [0.1, 0.15) is 6.92 Å². The average Bonchev–Trinajstić information content (AvgIpc) is 2.31. The fraction of sp³-hybridized carbons (Fsp3) is 0.0625. The van der Waals surface area contributed by atoms with Gasteiger partial charge in [-0.05, 0) is 36.5 Å². The zero-order valence-electron chi connectivity index (χ0n) is 8.71. The molecule has 0 N–H and O–H groups in total. The smallest absolute Gasteiger partial charge is 0.0925 e. The summed E-state index contributed by atoms with van der Waals surface area (Å²) in [5.74, 6) is 35.0. The van der Waals surface area contributed by atoms with Crippen molar-refractivity contribution in [3.8, 4) is 82.9 Å². The van der Waals surface area contributed by atoms with Gasteiger partial charge in [0.15, 0.2) is 5.92 Å². The third kappa shape index (κ3) is 10.8. The highest BCUT2D eigenvalue weighted by molar-refractivity contribution is 5.45. The molecule has 68 valence electrons. The maximum Gasteiger partial charge on any atom is 0.217 e. The molecule has 0 unspecified atom stereocenters. The van der Waals surface area contributed by atoms with Crippen LogP contribution in [0.4, 0.5) is 0 Å². The van der Waals surface area contributed by atoms with Crippen LogP contribution in [0.5, 0.6) is 0 Å². The van der Waals surface area contributed by atoms with Crippen molar-refractivity contribution in [3.63, 3.8) is 0 Å². The Morgan fingerprint density at radius 2 is 0.812 bits per heavy atom. The Balaban J connectivity index is 4.23. The third-order valence-corrected chi connectivity index (χ3v) is 0.901. The molecule has 0 bridgehead atoms. The van der Waals surface area contributed by atoms with Crippen LogP contribution in [0.15, 0.2) is 0 Å². The van der Waals surface area contributed by atoms with Gasteiger partial charge in [-0.15, -0.1) is 0 Å². The minimum absolute atomic E-state index is 1.71. The van der Waals surface area contributed by atoms with Crippen molar-refractivity contribution in [2.75, 3.05) is 0 Å². The van der Waals surface area contributed by atoms with E-state index in [0.29, 0.717) is 0 Å². The van der Waals surface area contributed by atoms with E-state index in [-0.39, 0.29) is 0 Å². The standard InChI is InChI=1S/C16H5/c1-3-5-7-9-11-13-15-16-14-12-10-8-6-4-2/h1H2,2H3/q+1. The van der Waals surface area contributed by atoms with Crippen molar-refractivity contribution in [1.82, 2.24) is 0 Å². The molecule has 0 heterocycles. The SMILES string of the molecule is [CH2+]C#CC#CC#CC#CC#CC#CC#CC. The Kier molecular flexibility index (Phi) is 9.42. The van der Waals surface area contributed by atoms with Crippen molar-refractivity contribution in [2.24, 2.45) is 0 Å². The van der Waals surface area contributed by atoms with E-state index in [1.807, 2.05) is 0 Å². The van der Waals surface area contributed by atoms with Crippen LogP contribution in [0, 0.1) is 89.8 Å². The summed E-state index contributed by atoms with van der Waals surface area (Å²) in [6, 6.07) is 0. The summed E-state index contributed by atoms with van der Waals surface area (Å²) in [6.45, 7) is 5.00. The Bertz CT molecular complexity index is 593. The molecule has 0 amide bonds. The van der Waals surface area contributed by atoms with E-state index >= 15 is 0 Å². The maximum absolute atomic E-state index is 3.29. The second-order valence-corrected chi connectivity index (χ2v) is 1.93. The fourth-order valence-corrected chi connectivity index (χ4v) is 0.419. The van der Waals surface area contributed by atoms with Gasteiger partial charge in [0.1, 0.15) is 5.92 Å². The lowest BCUT2D eigenvalue weighted by Crippen LogP contribution is -1.55. The summed E-state index contributed by atoms with van der Waals surface area (Å²) in [5, 5.41) is 0. The van der Waals surface area contributed by atoms with Gasteiger partial charge in [-0.25, -0.2) is 0 Å². The van der Waals surface area contributed by atoms with Gasteiger partial charge < -0.3 is 0 Å². The van der Waals surface area contributed by atoms with Gasteiger partial charge in [0, 0.05) is 29.6 Å². The highest BCUT2D eigenvalue weighted by atomic mass is 13.6. The lowest BCUT2D eigenvalue weighted by molar-refractivity contribution is 1.92. The van der Waals surface area contributed by atoms with E-state index in [1.54, 1.807) is 6.92 Å². The van der Waals surface area contributed by atoms with E-state index in [2.05, 4.69) is 89.8 Å². The van der Waals surface area contributed by atoms with E-state index in [9.17, 15) is 0 Å². The van der Waals surface area contributed by atoms with Gasteiger partial charge in [0.05, 0.1) is 6.92 Å². The highest BCUT2D eigenvalue weighted by Gasteiger charge is 1.62. The Morgan fingerprint density at radius 1 is 0.500 bits per heavy atom. The summed E-state index contributed by atoms with van der Waals surface area (Å²) in [5.41, 5.74) is 0. The third-order valence-electron chi connectivity index (χ3n) is 0.901. The first-order chi connectivity index (χ1) is 7.91. The van der Waals surface area contributed by atoms with Crippen LogP contribution in [0.25, 0.3) is 0 Å². The minimum atomic E-state index is 1.71. The molecule has 0 saturated carbocycles. The van der Waals surface area contributed by atoms with Crippen LogP contribution in [0.3, 0.4) is 0 Å². The molecule has 0 aliphatic rings. The fourth-order valence-electron chi connectivity index (χ4n) is 0.419. The quantitative estimate of drug-likeness (QED) is 0.399. The van der Waals surface area contributed by atoms with Gasteiger partial charge in [-0.2, -0.15) is 0 Å². The van der Waals surface area contributed by atoms with Crippen LogP contribution in [-0.2, 0) is 0 Å². The van der Waals surface area contributed by atoms with E-state index in [0.717, 1.165) is 0 Å². The molecule has 0 rings (SSSR count). The molecule has 0 aliphatic carbocycles. The largest absolute Gasteiger partial charge is 0.217 e. The topological polar surface area (TPSA) is 0 Å². The zero-order chi connectivity index (χ0) is 11.9. The second-order valence-electron chi connectivity index (χ2n) is 1.93. The molecule has 0 aromatic rings. The molecule has 0 aromatic carbocycles. The molecule has 0 spiro atoms. The average molecular weight is 197 g/mol. The Morgan fingerprint density at radius 3 is 1.12 bits per heavy atom. The summed E-state index contributed by atoms with van der Waals surface area (Å²) >= 11 is 0. The number of hydrogen-bond donors (Lipinski definition) is 0. The predicted octanol–water partition coefficient (Wildman–Crippen LogP) is 0.864. The van der Waals surface area contributed by atoms with Gasteiger partial charge in [-0.1, -0.05) is 5.92 Å². The zero-order valence-corrected chi connectivity index (χ0v) is 8.71. The van der Waals surface area contributed by atoms with E-state index < -0.39 is 0 Å². The first kappa shape index (κ1) is 12.8. The maximum atomic E-state index is 3.29. The lowest BCUT2D eigenvalue weighted by Gasteiger charge is -1.55. The summed E-state index contributed by atoms with van der Waals surface area (Å²) < 4.78 is 0. The number of rotatable bonds is 0. The summed E-state index contributed by atoms with van der Waals surface area (Å²) in [7, 11) is 0. The molecular weight excluding hydrogens is 192 g/mol. The van der Waals surface area contributed by atoms with Gasteiger partial charge in [0.2, 0.25) is 5.92 Å². The van der Waals surface area contributed by atoms with Crippen LogP contribution >= 0.6 is 0 Å². The van der Waals surface area contributed by atoms with Crippen LogP contribution < -0.4 is 0 Å². The first-order valence-corrected chi connectivity index (χ1v) is 4.10. The lowest BCUT2D eigenvalue weighted by atomic mass is 10.5. The molecule has 0 aliphatic heterocycles. The normalized spacial score (nSPS) is 3.81. The van der Waals surface area contributed by atoms with Gasteiger partial charge in [-0.3, -0.25) is 0 Å². The molecule has 0 atom stereocenters. The van der Waals surface area contributed by atoms with E-state index in [1.165, 1.54) is 0 Å². The molecule has 0 radical (unpaired) electrons. The second kappa shape index (κ2) is 11.8.